The maximum atomic E-state index is 12.5. The van der Waals surface area contributed by atoms with Crippen molar-refractivity contribution in [1.82, 2.24) is 0 Å². The minimum absolute atomic E-state index is 0.221. The van der Waals surface area contributed by atoms with E-state index in [1.54, 1.807) is 0 Å². The lowest BCUT2D eigenvalue weighted by atomic mass is 10.1. The molecule has 2 aromatic carbocycles. The first-order valence-corrected chi connectivity index (χ1v) is 9.34. The van der Waals surface area contributed by atoms with E-state index in [4.69, 9.17) is 0 Å². The van der Waals surface area contributed by atoms with Gasteiger partial charge in [-0.3, -0.25) is 0 Å². The van der Waals surface area contributed by atoms with Gasteiger partial charge in [-0.1, -0.05) is 58.0 Å². The summed E-state index contributed by atoms with van der Waals surface area (Å²) in [6.45, 7) is 12.8. The molecule has 0 aliphatic carbocycles. The molecule has 2 rings (SSSR count). The second kappa shape index (κ2) is 9.27. The Morgan fingerprint density at radius 3 is 1.92 bits per heavy atom. The van der Waals surface area contributed by atoms with Gasteiger partial charge in [-0.2, -0.15) is 0 Å². The number of aryl methyl sites for hydroxylation is 1. The maximum absolute atomic E-state index is 12.5. The molecule has 0 saturated heterocycles. The molecule has 0 fully saturated rings. The van der Waals surface area contributed by atoms with E-state index in [2.05, 4.69) is 49.3 Å². The van der Waals surface area contributed by atoms with E-state index < -0.39 is 0 Å². The van der Waals surface area contributed by atoms with Crippen LogP contribution < -0.4 is 15.5 Å². The molecular formula is C22H31N3O. The monoisotopic (exact) mass is 353 g/mol. The summed E-state index contributed by atoms with van der Waals surface area (Å²) in [5.41, 5.74) is 3.76. The summed E-state index contributed by atoms with van der Waals surface area (Å²) < 4.78 is 0. The molecule has 140 valence electrons. The van der Waals surface area contributed by atoms with Crippen LogP contribution in [0.2, 0.25) is 0 Å². The molecule has 2 N–H and O–H groups in total. The highest BCUT2D eigenvalue weighted by molar-refractivity contribution is 6.02. The predicted octanol–water partition coefficient (Wildman–Crippen LogP) is 5.76. The Bertz CT molecular complexity index is 715. The number of para-hydroxylation sites is 3. The summed E-state index contributed by atoms with van der Waals surface area (Å²) in [6, 6.07) is 15.6. The number of hydrogen-bond acceptors (Lipinski definition) is 2. The van der Waals surface area contributed by atoms with Crippen LogP contribution in [0.3, 0.4) is 0 Å². The smallest absolute Gasteiger partial charge is 0.323 e. The van der Waals surface area contributed by atoms with Gasteiger partial charge in [0.1, 0.15) is 0 Å². The topological polar surface area (TPSA) is 44.4 Å². The van der Waals surface area contributed by atoms with Gasteiger partial charge in [0.25, 0.3) is 0 Å². The standard InChI is InChI=1S/C22H31N3O/c1-16(2)14-25(15-17(3)4)21-13-9-8-12-20(21)24-22(26)23-19-11-7-6-10-18(19)5/h6-13,16-17H,14-15H2,1-5H3,(H2,23,24,26). The highest BCUT2D eigenvalue weighted by atomic mass is 16.2. The van der Waals surface area contributed by atoms with E-state index in [0.29, 0.717) is 11.8 Å². The largest absolute Gasteiger partial charge is 0.369 e. The zero-order chi connectivity index (χ0) is 19.1. The van der Waals surface area contributed by atoms with Crippen molar-refractivity contribution < 1.29 is 4.79 Å². The SMILES string of the molecule is Cc1ccccc1NC(=O)Nc1ccccc1N(CC(C)C)CC(C)C. The lowest BCUT2D eigenvalue weighted by Crippen LogP contribution is -2.32. The quantitative estimate of drug-likeness (QED) is 0.665. The molecule has 0 heterocycles. The third-order valence-electron chi connectivity index (χ3n) is 4.06. The van der Waals surface area contributed by atoms with Gasteiger partial charge in [0, 0.05) is 18.8 Å². The van der Waals surface area contributed by atoms with E-state index in [1.165, 1.54) is 0 Å². The highest BCUT2D eigenvalue weighted by Crippen LogP contribution is 2.27. The highest BCUT2D eigenvalue weighted by Gasteiger charge is 2.15. The van der Waals surface area contributed by atoms with E-state index in [-0.39, 0.29) is 6.03 Å². The number of benzene rings is 2. The number of carbonyl (C=O) groups excluding carboxylic acids is 1. The van der Waals surface area contributed by atoms with Crippen molar-refractivity contribution in [3.05, 3.63) is 54.1 Å². The molecule has 0 atom stereocenters. The molecule has 2 aromatic rings. The summed E-state index contributed by atoms with van der Waals surface area (Å²) in [5, 5.41) is 5.96. The Labute approximate surface area is 157 Å². The third kappa shape index (κ3) is 5.80. The number of nitrogens with one attached hydrogen (secondary N) is 2. The minimum Gasteiger partial charge on any atom is -0.369 e. The number of rotatable bonds is 7. The van der Waals surface area contributed by atoms with Crippen LogP contribution in [0.25, 0.3) is 0 Å². The van der Waals surface area contributed by atoms with Crippen molar-refractivity contribution in [2.75, 3.05) is 28.6 Å². The van der Waals surface area contributed by atoms with Crippen LogP contribution in [-0.4, -0.2) is 19.1 Å². The molecule has 2 amide bonds. The van der Waals surface area contributed by atoms with Crippen LogP contribution in [0, 0.1) is 18.8 Å². The van der Waals surface area contributed by atoms with Crippen LogP contribution in [0.15, 0.2) is 48.5 Å². The number of hydrogen-bond donors (Lipinski definition) is 2. The van der Waals surface area contributed by atoms with Crippen molar-refractivity contribution in [3.8, 4) is 0 Å². The Kier molecular flexibility index (Phi) is 7.07. The van der Waals surface area contributed by atoms with Crippen molar-refractivity contribution in [2.24, 2.45) is 11.8 Å². The van der Waals surface area contributed by atoms with Crippen molar-refractivity contribution in [3.63, 3.8) is 0 Å². The van der Waals surface area contributed by atoms with E-state index >= 15 is 0 Å². The molecule has 0 radical (unpaired) electrons. The maximum Gasteiger partial charge on any atom is 0.323 e. The van der Waals surface area contributed by atoms with Crippen LogP contribution in [0.4, 0.5) is 21.9 Å². The molecule has 4 nitrogen and oxygen atoms in total. The van der Waals surface area contributed by atoms with Gasteiger partial charge in [0.2, 0.25) is 0 Å². The number of urea groups is 1. The van der Waals surface area contributed by atoms with Crippen molar-refractivity contribution >= 4 is 23.1 Å². The Morgan fingerprint density at radius 1 is 0.846 bits per heavy atom. The summed E-state index contributed by atoms with van der Waals surface area (Å²) in [6.07, 6.45) is 0. The number of nitrogens with zero attached hydrogens (tertiary/aromatic N) is 1. The van der Waals surface area contributed by atoms with Crippen molar-refractivity contribution in [1.29, 1.82) is 0 Å². The molecule has 0 aliphatic heterocycles. The number of anilines is 3. The summed E-state index contributed by atoms with van der Waals surface area (Å²) in [7, 11) is 0. The first-order valence-electron chi connectivity index (χ1n) is 9.34. The molecular weight excluding hydrogens is 322 g/mol. The van der Waals surface area contributed by atoms with E-state index in [0.717, 1.165) is 35.7 Å². The number of carbonyl (C=O) groups is 1. The van der Waals surface area contributed by atoms with Gasteiger partial charge >= 0.3 is 6.03 Å². The second-order valence-corrected chi connectivity index (χ2v) is 7.60. The lowest BCUT2D eigenvalue weighted by molar-refractivity contribution is 0.262. The van der Waals surface area contributed by atoms with Gasteiger partial charge in [0.05, 0.1) is 11.4 Å². The van der Waals surface area contributed by atoms with Gasteiger partial charge in [-0.15, -0.1) is 0 Å². The molecule has 0 unspecified atom stereocenters. The fourth-order valence-electron chi connectivity index (χ4n) is 3.00. The van der Waals surface area contributed by atoms with Crippen LogP contribution in [0.1, 0.15) is 33.3 Å². The summed E-state index contributed by atoms with van der Waals surface area (Å²) in [5.74, 6) is 1.09. The van der Waals surface area contributed by atoms with Crippen LogP contribution in [-0.2, 0) is 0 Å². The normalized spacial score (nSPS) is 10.9. The first-order chi connectivity index (χ1) is 12.4. The van der Waals surface area contributed by atoms with Crippen molar-refractivity contribution in [2.45, 2.75) is 34.6 Å². The zero-order valence-electron chi connectivity index (χ0n) is 16.5. The molecule has 0 spiro atoms. The summed E-state index contributed by atoms with van der Waals surface area (Å²) in [4.78, 5) is 14.9. The second-order valence-electron chi connectivity index (χ2n) is 7.60. The van der Waals surface area contributed by atoms with E-state index in [9.17, 15) is 4.79 Å². The molecule has 26 heavy (non-hydrogen) atoms. The van der Waals surface area contributed by atoms with E-state index in [1.807, 2.05) is 49.4 Å². The van der Waals surface area contributed by atoms with Gasteiger partial charge < -0.3 is 15.5 Å². The first kappa shape index (κ1) is 19.8. The molecule has 4 heteroatoms. The Balaban J connectivity index is 2.19. The minimum atomic E-state index is -0.221. The predicted molar refractivity (Wildman–Crippen MR) is 112 cm³/mol. The van der Waals surface area contributed by atoms with Gasteiger partial charge in [-0.05, 0) is 42.5 Å². The fourth-order valence-corrected chi connectivity index (χ4v) is 3.00. The fraction of sp³-hybridized carbons (Fsp3) is 0.409. The molecule has 0 aliphatic rings. The lowest BCUT2D eigenvalue weighted by Gasteiger charge is -2.30. The summed E-state index contributed by atoms with van der Waals surface area (Å²) >= 11 is 0. The van der Waals surface area contributed by atoms with Crippen LogP contribution in [0.5, 0.6) is 0 Å². The van der Waals surface area contributed by atoms with Gasteiger partial charge in [0.15, 0.2) is 0 Å². The third-order valence-corrected chi connectivity index (χ3v) is 4.06. The zero-order valence-corrected chi connectivity index (χ0v) is 16.5. The average molecular weight is 354 g/mol. The van der Waals surface area contributed by atoms with Gasteiger partial charge in [-0.25, -0.2) is 4.79 Å². The van der Waals surface area contributed by atoms with Crippen LogP contribution >= 0.6 is 0 Å². The Hall–Kier alpha value is -2.49. The molecule has 0 saturated carbocycles. The average Bonchev–Trinajstić information content (AvgIpc) is 2.56. The molecule has 0 aromatic heterocycles. The Morgan fingerprint density at radius 2 is 1.35 bits per heavy atom. The number of amides is 2. The molecule has 0 bridgehead atoms.